The summed E-state index contributed by atoms with van der Waals surface area (Å²) in [5.74, 6) is 0.472. The smallest absolute Gasteiger partial charge is 0.232 e. The minimum absolute atomic E-state index is 0.0343. The molecule has 2 amide bonds. The summed E-state index contributed by atoms with van der Waals surface area (Å²) in [6, 6.07) is 16.0. The molecule has 160 valence electrons. The molecule has 0 aliphatic carbocycles. The molecule has 2 aromatic carbocycles. The summed E-state index contributed by atoms with van der Waals surface area (Å²) in [7, 11) is 0. The Morgan fingerprint density at radius 2 is 1.81 bits per heavy atom. The van der Waals surface area contributed by atoms with Gasteiger partial charge in [0.15, 0.2) is 0 Å². The van der Waals surface area contributed by atoms with Crippen LogP contribution in [0.5, 0.6) is 0 Å². The average Bonchev–Trinajstić information content (AvgIpc) is 2.82. The Kier molecular flexibility index (Phi) is 6.82. The molecule has 7 heteroatoms. The van der Waals surface area contributed by atoms with Crippen molar-refractivity contribution in [2.75, 3.05) is 18.8 Å². The first-order valence-electron chi connectivity index (χ1n) is 10.5. The molecule has 1 saturated heterocycles. The van der Waals surface area contributed by atoms with E-state index in [0.29, 0.717) is 38.2 Å². The number of thioether (sulfide) groups is 1. The van der Waals surface area contributed by atoms with Crippen molar-refractivity contribution in [3.63, 3.8) is 0 Å². The van der Waals surface area contributed by atoms with E-state index < -0.39 is 0 Å². The highest BCUT2D eigenvalue weighted by Crippen LogP contribution is 2.25. The third-order valence-electron chi connectivity index (χ3n) is 5.64. The lowest BCUT2D eigenvalue weighted by Gasteiger charge is -2.31. The first-order chi connectivity index (χ1) is 15.1. The van der Waals surface area contributed by atoms with Gasteiger partial charge < -0.3 is 10.2 Å². The van der Waals surface area contributed by atoms with E-state index in [2.05, 4.69) is 15.3 Å². The number of carbonyl (C=O) groups is 2. The zero-order valence-corrected chi connectivity index (χ0v) is 18.4. The van der Waals surface area contributed by atoms with Crippen molar-refractivity contribution in [1.29, 1.82) is 0 Å². The lowest BCUT2D eigenvalue weighted by molar-refractivity contribution is -0.133. The number of hydrogen-bond acceptors (Lipinski definition) is 5. The van der Waals surface area contributed by atoms with Crippen LogP contribution in [0.2, 0.25) is 0 Å². The van der Waals surface area contributed by atoms with Crippen LogP contribution in [0.15, 0.2) is 59.9 Å². The van der Waals surface area contributed by atoms with Crippen molar-refractivity contribution in [1.82, 2.24) is 20.2 Å². The minimum Gasteiger partial charge on any atom is -0.352 e. The highest BCUT2D eigenvalue weighted by Gasteiger charge is 2.27. The van der Waals surface area contributed by atoms with Gasteiger partial charge in [-0.3, -0.25) is 9.59 Å². The molecule has 0 spiro atoms. The van der Waals surface area contributed by atoms with Crippen LogP contribution in [0.25, 0.3) is 10.9 Å². The van der Waals surface area contributed by atoms with Gasteiger partial charge in [0.05, 0.1) is 11.3 Å². The molecule has 1 N–H and O–H groups in total. The van der Waals surface area contributed by atoms with Gasteiger partial charge in [-0.25, -0.2) is 9.97 Å². The minimum atomic E-state index is -0.0343. The fraction of sp³-hybridized carbons (Fsp3) is 0.333. The number of nitrogens with one attached hydrogen (secondary N) is 1. The number of rotatable bonds is 6. The van der Waals surface area contributed by atoms with Crippen molar-refractivity contribution >= 4 is 34.5 Å². The second-order valence-corrected chi connectivity index (χ2v) is 8.81. The fourth-order valence-corrected chi connectivity index (χ4v) is 4.64. The molecule has 3 aromatic rings. The second kappa shape index (κ2) is 9.92. The molecule has 1 aromatic heterocycles. The number of carbonyl (C=O) groups excluding carboxylic acids is 2. The largest absolute Gasteiger partial charge is 0.352 e. The van der Waals surface area contributed by atoms with Crippen molar-refractivity contribution in [3.05, 3.63) is 66.0 Å². The molecule has 6 nitrogen and oxygen atoms in total. The predicted octanol–water partition coefficient (Wildman–Crippen LogP) is 3.59. The van der Waals surface area contributed by atoms with E-state index in [1.165, 1.54) is 23.7 Å². The summed E-state index contributed by atoms with van der Waals surface area (Å²) in [4.78, 5) is 35.7. The second-order valence-electron chi connectivity index (χ2n) is 7.84. The summed E-state index contributed by atoms with van der Waals surface area (Å²) < 4.78 is 0. The Morgan fingerprint density at radius 1 is 1.06 bits per heavy atom. The van der Waals surface area contributed by atoms with Gasteiger partial charge in [-0.15, -0.1) is 0 Å². The van der Waals surface area contributed by atoms with Gasteiger partial charge in [0.25, 0.3) is 0 Å². The van der Waals surface area contributed by atoms with E-state index in [0.717, 1.165) is 21.5 Å². The number of benzene rings is 2. The Bertz CT molecular complexity index is 1060. The number of hydrogen-bond donors (Lipinski definition) is 1. The number of amides is 2. The summed E-state index contributed by atoms with van der Waals surface area (Å²) in [6.07, 6.45) is 2.94. The molecule has 31 heavy (non-hydrogen) atoms. The lowest BCUT2D eigenvalue weighted by atomic mass is 9.96. The first-order valence-corrected chi connectivity index (χ1v) is 11.5. The summed E-state index contributed by atoms with van der Waals surface area (Å²) >= 11 is 1.44. The Labute approximate surface area is 186 Å². The van der Waals surface area contributed by atoms with E-state index in [1.807, 2.05) is 60.4 Å². The molecule has 0 atom stereocenters. The maximum absolute atomic E-state index is 12.7. The van der Waals surface area contributed by atoms with E-state index >= 15 is 0 Å². The number of fused-ring (bicyclic) bond motifs is 1. The highest BCUT2D eigenvalue weighted by molar-refractivity contribution is 8.00. The van der Waals surface area contributed by atoms with Gasteiger partial charge in [-0.1, -0.05) is 59.8 Å². The monoisotopic (exact) mass is 434 g/mol. The van der Waals surface area contributed by atoms with Crippen LogP contribution >= 0.6 is 11.8 Å². The van der Waals surface area contributed by atoms with Crippen LogP contribution in [-0.2, 0) is 16.1 Å². The lowest BCUT2D eigenvalue weighted by Crippen LogP contribution is -2.43. The molecule has 0 unspecified atom stereocenters. The third kappa shape index (κ3) is 5.41. The predicted molar refractivity (Wildman–Crippen MR) is 123 cm³/mol. The molecule has 0 radical (unpaired) electrons. The fourth-order valence-electron chi connectivity index (χ4n) is 3.75. The third-order valence-corrected chi connectivity index (χ3v) is 6.63. The molecule has 1 fully saturated rings. The van der Waals surface area contributed by atoms with E-state index in [9.17, 15) is 9.59 Å². The SMILES string of the molecule is Cc1ccc(CNC(=O)C2CCN(C(=O)CSc3ncnc4ccccc34)CC2)cc1. The molecular formula is C24H26N4O2S. The Hall–Kier alpha value is -2.93. The summed E-state index contributed by atoms with van der Waals surface area (Å²) in [5, 5.41) is 4.82. The van der Waals surface area contributed by atoms with Crippen LogP contribution in [0.3, 0.4) is 0 Å². The quantitative estimate of drug-likeness (QED) is 0.474. The van der Waals surface area contributed by atoms with Gasteiger partial charge >= 0.3 is 0 Å². The van der Waals surface area contributed by atoms with Crippen LogP contribution in [0, 0.1) is 12.8 Å². The number of likely N-dealkylation sites (tertiary alicyclic amines) is 1. The van der Waals surface area contributed by atoms with Gasteiger partial charge in [-0.2, -0.15) is 0 Å². The van der Waals surface area contributed by atoms with Crippen molar-refractivity contribution in [2.45, 2.75) is 31.3 Å². The van der Waals surface area contributed by atoms with Crippen molar-refractivity contribution in [2.24, 2.45) is 5.92 Å². The van der Waals surface area contributed by atoms with Crippen molar-refractivity contribution in [3.8, 4) is 0 Å². The molecular weight excluding hydrogens is 408 g/mol. The molecule has 4 rings (SSSR count). The van der Waals surface area contributed by atoms with E-state index in [-0.39, 0.29) is 17.7 Å². The topological polar surface area (TPSA) is 75.2 Å². The highest BCUT2D eigenvalue weighted by atomic mass is 32.2. The maximum atomic E-state index is 12.7. The zero-order valence-electron chi connectivity index (χ0n) is 17.6. The van der Waals surface area contributed by atoms with Gasteiger partial charge in [0.1, 0.15) is 11.4 Å². The summed E-state index contributed by atoms with van der Waals surface area (Å²) in [5.41, 5.74) is 3.18. The van der Waals surface area contributed by atoms with Gasteiger partial charge in [0.2, 0.25) is 11.8 Å². The first kappa shape index (κ1) is 21.3. The Morgan fingerprint density at radius 3 is 2.58 bits per heavy atom. The molecule has 2 heterocycles. The maximum Gasteiger partial charge on any atom is 0.232 e. The number of para-hydroxylation sites is 1. The van der Waals surface area contributed by atoms with E-state index in [1.54, 1.807) is 0 Å². The molecule has 0 saturated carbocycles. The Balaban J connectivity index is 1.24. The summed E-state index contributed by atoms with van der Waals surface area (Å²) in [6.45, 7) is 3.83. The molecule has 0 bridgehead atoms. The number of piperidine rings is 1. The number of nitrogens with zero attached hydrogens (tertiary/aromatic N) is 3. The van der Waals surface area contributed by atoms with Crippen LogP contribution in [-0.4, -0.2) is 45.5 Å². The standard InChI is InChI=1S/C24H26N4O2S/c1-17-6-8-18(9-7-17)14-25-23(30)19-10-12-28(13-11-19)22(29)15-31-24-20-4-2-3-5-21(20)26-16-27-24/h2-9,16,19H,10-15H2,1H3,(H,25,30). The molecule has 1 aliphatic heterocycles. The van der Waals surface area contributed by atoms with Crippen molar-refractivity contribution < 1.29 is 9.59 Å². The number of aromatic nitrogens is 2. The van der Waals surface area contributed by atoms with Crippen LogP contribution in [0.1, 0.15) is 24.0 Å². The van der Waals surface area contributed by atoms with Gasteiger partial charge in [-0.05, 0) is 31.4 Å². The molecule has 1 aliphatic rings. The number of aryl methyl sites for hydroxylation is 1. The zero-order chi connectivity index (χ0) is 21.6. The van der Waals surface area contributed by atoms with Gasteiger partial charge in [0, 0.05) is 30.9 Å². The van der Waals surface area contributed by atoms with Crippen LogP contribution in [0.4, 0.5) is 0 Å². The van der Waals surface area contributed by atoms with Crippen LogP contribution < -0.4 is 5.32 Å². The normalized spacial score (nSPS) is 14.5. The van der Waals surface area contributed by atoms with E-state index in [4.69, 9.17) is 0 Å². The average molecular weight is 435 g/mol.